The molecule has 0 unspecified atom stereocenters. The second-order valence-electron chi connectivity index (χ2n) is 7.11. The normalized spacial score (nSPS) is 11.1. The summed E-state index contributed by atoms with van der Waals surface area (Å²) in [6.07, 6.45) is 1.77. The van der Waals surface area contributed by atoms with E-state index in [2.05, 4.69) is 4.98 Å². The summed E-state index contributed by atoms with van der Waals surface area (Å²) in [6, 6.07) is 25.1. The van der Waals surface area contributed by atoms with Crippen molar-refractivity contribution in [3.8, 4) is 17.1 Å². The minimum atomic E-state index is -0.0646. The summed E-state index contributed by atoms with van der Waals surface area (Å²) in [5.74, 6) is 1.36. The fourth-order valence-corrected chi connectivity index (χ4v) is 3.66. The van der Waals surface area contributed by atoms with Gasteiger partial charge >= 0.3 is 0 Å². The lowest BCUT2D eigenvalue weighted by Crippen LogP contribution is -2.24. The summed E-state index contributed by atoms with van der Waals surface area (Å²) >= 11 is 0. The van der Waals surface area contributed by atoms with Gasteiger partial charge in [-0.15, -0.1) is 0 Å². The van der Waals surface area contributed by atoms with Gasteiger partial charge in [0.1, 0.15) is 11.6 Å². The molecule has 5 nitrogen and oxygen atoms in total. The second kappa shape index (κ2) is 7.44. The zero-order valence-electron chi connectivity index (χ0n) is 16.4. The predicted molar refractivity (Wildman–Crippen MR) is 119 cm³/mol. The summed E-state index contributed by atoms with van der Waals surface area (Å²) in [6.45, 7) is 0.434. The molecule has 0 spiro atoms. The number of ether oxygens (including phenoxy) is 1. The highest BCUT2D eigenvalue weighted by atomic mass is 16.5. The largest absolute Gasteiger partial charge is 0.497 e. The predicted octanol–water partition coefficient (Wildman–Crippen LogP) is 4.67. The van der Waals surface area contributed by atoms with Crippen LogP contribution in [0, 0.1) is 0 Å². The van der Waals surface area contributed by atoms with E-state index in [1.165, 1.54) is 0 Å². The van der Waals surface area contributed by atoms with E-state index in [4.69, 9.17) is 9.72 Å². The molecule has 0 N–H and O–H groups in total. The van der Waals surface area contributed by atoms with Gasteiger partial charge in [0, 0.05) is 17.1 Å². The van der Waals surface area contributed by atoms with Gasteiger partial charge in [0.25, 0.3) is 5.56 Å². The van der Waals surface area contributed by atoms with Crippen molar-refractivity contribution in [2.45, 2.75) is 6.54 Å². The smallest absolute Gasteiger partial charge is 0.261 e. The Balaban J connectivity index is 1.75. The van der Waals surface area contributed by atoms with E-state index in [9.17, 15) is 4.79 Å². The van der Waals surface area contributed by atoms with Crippen LogP contribution < -0.4 is 10.3 Å². The van der Waals surface area contributed by atoms with E-state index in [0.717, 1.165) is 27.8 Å². The van der Waals surface area contributed by atoms with Gasteiger partial charge in [-0.3, -0.25) is 14.3 Å². The topological polar surface area (TPSA) is 57.0 Å². The summed E-state index contributed by atoms with van der Waals surface area (Å²) in [7, 11) is 1.64. The SMILES string of the molecule is COc1ccc2ncc(-c3nc4ccccc4c(=O)n3Cc3ccccc3)cc2c1. The van der Waals surface area contributed by atoms with Crippen LogP contribution in [0.15, 0.2) is 89.9 Å². The zero-order chi connectivity index (χ0) is 20.5. The van der Waals surface area contributed by atoms with Crippen LogP contribution in [-0.2, 0) is 6.54 Å². The lowest BCUT2D eigenvalue weighted by atomic mass is 10.1. The van der Waals surface area contributed by atoms with Gasteiger partial charge in [-0.1, -0.05) is 42.5 Å². The van der Waals surface area contributed by atoms with Crippen molar-refractivity contribution in [1.82, 2.24) is 14.5 Å². The molecule has 30 heavy (non-hydrogen) atoms. The highest BCUT2D eigenvalue weighted by Crippen LogP contribution is 2.25. The molecular weight excluding hydrogens is 374 g/mol. The Bertz CT molecular complexity index is 1430. The number of benzene rings is 3. The molecule has 5 aromatic rings. The lowest BCUT2D eigenvalue weighted by Gasteiger charge is -2.14. The van der Waals surface area contributed by atoms with Gasteiger partial charge in [0.2, 0.25) is 0 Å². The molecule has 0 atom stereocenters. The van der Waals surface area contributed by atoms with Crippen molar-refractivity contribution in [3.05, 3.63) is 101 Å². The van der Waals surface area contributed by atoms with Gasteiger partial charge in [-0.05, 0) is 42.0 Å². The van der Waals surface area contributed by atoms with Crippen molar-refractivity contribution in [3.63, 3.8) is 0 Å². The summed E-state index contributed by atoms with van der Waals surface area (Å²) in [4.78, 5) is 22.8. The molecule has 0 aliphatic heterocycles. The van der Waals surface area contributed by atoms with Crippen LogP contribution in [0.2, 0.25) is 0 Å². The van der Waals surface area contributed by atoms with Crippen molar-refractivity contribution < 1.29 is 4.74 Å². The first-order valence-electron chi connectivity index (χ1n) is 9.70. The molecule has 2 aromatic heterocycles. The van der Waals surface area contributed by atoms with E-state index < -0.39 is 0 Å². The second-order valence-corrected chi connectivity index (χ2v) is 7.11. The van der Waals surface area contributed by atoms with E-state index in [1.54, 1.807) is 17.9 Å². The number of pyridine rings is 1. The van der Waals surface area contributed by atoms with E-state index in [-0.39, 0.29) is 5.56 Å². The maximum Gasteiger partial charge on any atom is 0.261 e. The number of methoxy groups -OCH3 is 1. The van der Waals surface area contributed by atoms with Gasteiger partial charge in [0.05, 0.1) is 30.1 Å². The highest BCUT2D eigenvalue weighted by molar-refractivity contribution is 5.85. The van der Waals surface area contributed by atoms with Crippen LogP contribution in [0.1, 0.15) is 5.56 Å². The molecule has 5 rings (SSSR count). The average Bonchev–Trinajstić information content (AvgIpc) is 2.80. The number of rotatable bonds is 4. The average molecular weight is 393 g/mol. The van der Waals surface area contributed by atoms with Gasteiger partial charge < -0.3 is 4.74 Å². The third kappa shape index (κ3) is 3.20. The molecule has 0 aliphatic carbocycles. The monoisotopic (exact) mass is 393 g/mol. The number of hydrogen-bond acceptors (Lipinski definition) is 4. The first kappa shape index (κ1) is 18.1. The minimum absolute atomic E-state index is 0.0646. The van der Waals surface area contributed by atoms with E-state index in [1.807, 2.05) is 78.9 Å². The molecule has 0 bridgehead atoms. The number of para-hydroxylation sites is 1. The molecule has 0 saturated carbocycles. The quantitative estimate of drug-likeness (QED) is 0.445. The Hall–Kier alpha value is -3.99. The summed E-state index contributed by atoms with van der Waals surface area (Å²) < 4.78 is 7.07. The van der Waals surface area contributed by atoms with Crippen molar-refractivity contribution in [1.29, 1.82) is 0 Å². The molecule has 0 amide bonds. The van der Waals surface area contributed by atoms with E-state index >= 15 is 0 Å². The summed E-state index contributed by atoms with van der Waals surface area (Å²) in [5, 5.41) is 1.54. The lowest BCUT2D eigenvalue weighted by molar-refractivity contribution is 0.415. The number of aromatic nitrogens is 3. The molecule has 0 fully saturated rings. The maximum atomic E-state index is 13.4. The number of fused-ring (bicyclic) bond motifs is 2. The Morgan fingerprint density at radius 2 is 1.70 bits per heavy atom. The van der Waals surface area contributed by atoms with Gasteiger partial charge in [-0.2, -0.15) is 0 Å². The van der Waals surface area contributed by atoms with Crippen molar-refractivity contribution in [2.75, 3.05) is 7.11 Å². The highest BCUT2D eigenvalue weighted by Gasteiger charge is 2.14. The van der Waals surface area contributed by atoms with Gasteiger partial charge in [-0.25, -0.2) is 4.98 Å². The maximum absolute atomic E-state index is 13.4. The Morgan fingerprint density at radius 1 is 0.900 bits per heavy atom. The molecule has 0 saturated heterocycles. The molecule has 5 heteroatoms. The summed E-state index contributed by atoms with van der Waals surface area (Å²) in [5.41, 5.74) is 3.29. The van der Waals surface area contributed by atoms with Crippen LogP contribution in [-0.4, -0.2) is 21.6 Å². The van der Waals surface area contributed by atoms with Crippen molar-refractivity contribution in [2.24, 2.45) is 0 Å². The Morgan fingerprint density at radius 3 is 2.53 bits per heavy atom. The number of hydrogen-bond donors (Lipinski definition) is 0. The fraction of sp³-hybridized carbons (Fsp3) is 0.0800. The Labute approximate surface area is 173 Å². The van der Waals surface area contributed by atoms with E-state index in [0.29, 0.717) is 23.3 Å². The third-order valence-corrected chi connectivity index (χ3v) is 5.19. The van der Waals surface area contributed by atoms with Crippen LogP contribution >= 0.6 is 0 Å². The fourth-order valence-electron chi connectivity index (χ4n) is 3.66. The molecule has 2 heterocycles. The molecule has 146 valence electrons. The van der Waals surface area contributed by atoms with Crippen LogP contribution in [0.3, 0.4) is 0 Å². The standard InChI is InChI=1S/C25H19N3O2/c1-30-20-11-12-22-18(14-20)13-19(15-26-22)24-27-23-10-6-5-9-21(23)25(29)28(24)16-17-7-3-2-4-8-17/h2-15H,16H2,1H3. The third-order valence-electron chi connectivity index (χ3n) is 5.19. The Kier molecular flexibility index (Phi) is 4.48. The molecule has 0 radical (unpaired) electrons. The van der Waals surface area contributed by atoms with Gasteiger partial charge in [0.15, 0.2) is 0 Å². The zero-order valence-corrected chi connectivity index (χ0v) is 16.4. The van der Waals surface area contributed by atoms with Crippen molar-refractivity contribution >= 4 is 21.8 Å². The number of nitrogens with zero attached hydrogens (tertiary/aromatic N) is 3. The van der Waals surface area contributed by atoms with Crippen LogP contribution in [0.5, 0.6) is 5.75 Å². The molecule has 3 aromatic carbocycles. The molecule has 0 aliphatic rings. The van der Waals surface area contributed by atoms with Crippen LogP contribution in [0.25, 0.3) is 33.2 Å². The van der Waals surface area contributed by atoms with Crippen LogP contribution in [0.4, 0.5) is 0 Å². The first-order valence-corrected chi connectivity index (χ1v) is 9.70. The minimum Gasteiger partial charge on any atom is -0.497 e. The molecular formula is C25H19N3O2. The first-order chi connectivity index (χ1) is 14.7.